The monoisotopic (exact) mass is 265 g/mol. The quantitative estimate of drug-likeness (QED) is 0.827. The molecule has 1 fully saturated rings. The Morgan fingerprint density at radius 3 is 2.56 bits per heavy atom. The van der Waals surface area contributed by atoms with E-state index in [0.29, 0.717) is 5.92 Å². The molecule has 1 unspecified atom stereocenters. The average Bonchev–Trinajstić information content (AvgIpc) is 2.46. The van der Waals surface area contributed by atoms with E-state index < -0.39 is 5.38 Å². The Morgan fingerprint density at radius 2 is 1.89 bits per heavy atom. The highest BCUT2D eigenvalue weighted by atomic mass is 35.5. The number of amides is 1. The van der Waals surface area contributed by atoms with E-state index in [-0.39, 0.29) is 5.91 Å². The van der Waals surface area contributed by atoms with Crippen molar-refractivity contribution in [3.8, 4) is 0 Å². The van der Waals surface area contributed by atoms with E-state index in [1.165, 1.54) is 32.1 Å². The first kappa shape index (κ1) is 13.4. The van der Waals surface area contributed by atoms with Crippen LogP contribution in [0.25, 0.3) is 0 Å². The standard InChI is InChI=1S/C15H20ClNO/c16-14(13-9-5-2-6-10-13)15(18)17-11-12-7-3-1-4-8-12/h2,5-6,9-10,12,14H,1,3-4,7-8,11H2,(H,17,18). The molecule has 98 valence electrons. The Hall–Kier alpha value is -1.02. The van der Waals surface area contributed by atoms with Gasteiger partial charge in [0.1, 0.15) is 5.38 Å². The smallest absolute Gasteiger partial charge is 0.242 e. The molecule has 1 saturated carbocycles. The zero-order valence-corrected chi connectivity index (χ0v) is 11.3. The van der Waals surface area contributed by atoms with Crippen LogP contribution in [0.15, 0.2) is 30.3 Å². The lowest BCUT2D eigenvalue weighted by Crippen LogP contribution is -2.32. The van der Waals surface area contributed by atoms with Crippen LogP contribution in [-0.2, 0) is 4.79 Å². The molecular formula is C15H20ClNO. The van der Waals surface area contributed by atoms with Gasteiger partial charge in [0.2, 0.25) is 5.91 Å². The van der Waals surface area contributed by atoms with Crippen molar-refractivity contribution in [3.05, 3.63) is 35.9 Å². The van der Waals surface area contributed by atoms with Crippen LogP contribution in [-0.4, -0.2) is 12.5 Å². The maximum Gasteiger partial charge on any atom is 0.242 e. The molecule has 1 atom stereocenters. The molecule has 0 bridgehead atoms. The number of halogens is 1. The first-order chi connectivity index (χ1) is 8.77. The van der Waals surface area contributed by atoms with Crippen molar-refractivity contribution in [2.45, 2.75) is 37.5 Å². The van der Waals surface area contributed by atoms with Gasteiger partial charge in [0.15, 0.2) is 0 Å². The van der Waals surface area contributed by atoms with Crippen LogP contribution in [0.3, 0.4) is 0 Å². The van der Waals surface area contributed by atoms with Crippen LogP contribution >= 0.6 is 11.6 Å². The third-order valence-corrected chi connectivity index (χ3v) is 4.06. The van der Waals surface area contributed by atoms with Crippen molar-refractivity contribution in [3.63, 3.8) is 0 Å². The largest absolute Gasteiger partial charge is 0.354 e. The second-order valence-electron chi connectivity index (χ2n) is 5.02. The third-order valence-electron chi connectivity index (χ3n) is 3.61. The molecule has 3 heteroatoms. The number of carbonyl (C=O) groups is 1. The first-order valence-corrected chi connectivity index (χ1v) is 7.18. The number of nitrogens with one attached hydrogen (secondary N) is 1. The van der Waals surface area contributed by atoms with Gasteiger partial charge in [0, 0.05) is 6.54 Å². The Morgan fingerprint density at radius 1 is 1.22 bits per heavy atom. The SMILES string of the molecule is O=C(NCC1CCCCC1)C(Cl)c1ccccc1. The topological polar surface area (TPSA) is 29.1 Å². The van der Waals surface area contributed by atoms with Gasteiger partial charge in [-0.3, -0.25) is 4.79 Å². The van der Waals surface area contributed by atoms with Gasteiger partial charge in [-0.2, -0.15) is 0 Å². The summed E-state index contributed by atoms with van der Waals surface area (Å²) in [5.74, 6) is 0.566. The second kappa shape index (κ2) is 6.79. The van der Waals surface area contributed by atoms with Gasteiger partial charge in [0.25, 0.3) is 0 Å². The number of carbonyl (C=O) groups excluding carboxylic acids is 1. The Bertz CT molecular complexity index is 373. The summed E-state index contributed by atoms with van der Waals surface area (Å²) < 4.78 is 0. The number of rotatable bonds is 4. The summed E-state index contributed by atoms with van der Waals surface area (Å²) >= 11 is 6.16. The van der Waals surface area contributed by atoms with E-state index in [0.717, 1.165) is 12.1 Å². The fraction of sp³-hybridized carbons (Fsp3) is 0.533. The minimum Gasteiger partial charge on any atom is -0.354 e. The van der Waals surface area contributed by atoms with Crippen molar-refractivity contribution in [1.29, 1.82) is 0 Å². The van der Waals surface area contributed by atoms with E-state index in [4.69, 9.17) is 11.6 Å². The maximum absolute atomic E-state index is 11.9. The molecule has 1 N–H and O–H groups in total. The van der Waals surface area contributed by atoms with Crippen LogP contribution in [0.2, 0.25) is 0 Å². The highest BCUT2D eigenvalue weighted by molar-refractivity contribution is 6.30. The van der Waals surface area contributed by atoms with Gasteiger partial charge in [-0.05, 0) is 24.3 Å². The van der Waals surface area contributed by atoms with E-state index in [1.807, 2.05) is 30.3 Å². The molecule has 1 aromatic carbocycles. The molecule has 1 aromatic rings. The lowest BCUT2D eigenvalue weighted by Gasteiger charge is -2.22. The molecule has 0 aliphatic heterocycles. The fourth-order valence-electron chi connectivity index (χ4n) is 2.50. The molecule has 2 rings (SSSR count). The molecule has 2 nitrogen and oxygen atoms in total. The molecule has 1 aliphatic rings. The summed E-state index contributed by atoms with van der Waals surface area (Å²) in [6, 6.07) is 9.50. The summed E-state index contributed by atoms with van der Waals surface area (Å²) in [5.41, 5.74) is 0.861. The van der Waals surface area contributed by atoms with Crippen LogP contribution in [0.1, 0.15) is 43.0 Å². The summed E-state index contributed by atoms with van der Waals surface area (Å²) in [5, 5.41) is 2.41. The van der Waals surface area contributed by atoms with Gasteiger partial charge in [-0.1, -0.05) is 49.6 Å². The number of hydrogen-bond donors (Lipinski definition) is 1. The molecule has 0 heterocycles. The van der Waals surface area contributed by atoms with Crippen LogP contribution < -0.4 is 5.32 Å². The minimum absolute atomic E-state index is 0.0755. The van der Waals surface area contributed by atoms with Gasteiger partial charge in [0.05, 0.1) is 0 Å². The first-order valence-electron chi connectivity index (χ1n) is 6.74. The zero-order valence-electron chi connectivity index (χ0n) is 10.6. The Labute approximate surface area is 114 Å². The third kappa shape index (κ3) is 3.74. The summed E-state index contributed by atoms with van der Waals surface area (Å²) in [6.45, 7) is 0.773. The molecule has 0 radical (unpaired) electrons. The van der Waals surface area contributed by atoms with Gasteiger partial charge in [-0.15, -0.1) is 11.6 Å². The van der Waals surface area contributed by atoms with Gasteiger partial charge in [-0.25, -0.2) is 0 Å². The van der Waals surface area contributed by atoms with E-state index in [9.17, 15) is 4.79 Å². The second-order valence-corrected chi connectivity index (χ2v) is 5.46. The highest BCUT2D eigenvalue weighted by Crippen LogP contribution is 2.24. The summed E-state index contributed by atoms with van der Waals surface area (Å²) in [4.78, 5) is 11.9. The Kier molecular flexibility index (Phi) is 5.06. The lowest BCUT2D eigenvalue weighted by molar-refractivity contribution is -0.121. The highest BCUT2D eigenvalue weighted by Gasteiger charge is 2.19. The predicted molar refractivity (Wildman–Crippen MR) is 74.6 cm³/mol. The molecule has 0 saturated heterocycles. The maximum atomic E-state index is 11.9. The van der Waals surface area contributed by atoms with Gasteiger partial charge >= 0.3 is 0 Å². The molecular weight excluding hydrogens is 246 g/mol. The van der Waals surface area contributed by atoms with E-state index in [2.05, 4.69) is 5.32 Å². The van der Waals surface area contributed by atoms with Crippen molar-refractivity contribution in [2.24, 2.45) is 5.92 Å². The molecule has 1 amide bonds. The normalized spacial score (nSPS) is 18.3. The van der Waals surface area contributed by atoms with Crippen molar-refractivity contribution in [1.82, 2.24) is 5.32 Å². The van der Waals surface area contributed by atoms with Crippen LogP contribution in [0.4, 0.5) is 0 Å². The number of benzene rings is 1. The summed E-state index contributed by atoms with van der Waals surface area (Å²) in [7, 11) is 0. The number of alkyl halides is 1. The molecule has 18 heavy (non-hydrogen) atoms. The number of hydrogen-bond acceptors (Lipinski definition) is 1. The molecule has 1 aliphatic carbocycles. The zero-order chi connectivity index (χ0) is 12.8. The van der Waals surface area contributed by atoms with E-state index in [1.54, 1.807) is 0 Å². The van der Waals surface area contributed by atoms with Crippen molar-refractivity contribution < 1.29 is 4.79 Å². The Balaban J connectivity index is 1.80. The average molecular weight is 266 g/mol. The molecule has 0 aromatic heterocycles. The fourth-order valence-corrected chi connectivity index (χ4v) is 2.72. The van der Waals surface area contributed by atoms with Crippen molar-refractivity contribution in [2.75, 3.05) is 6.54 Å². The lowest BCUT2D eigenvalue weighted by atomic mass is 9.89. The summed E-state index contributed by atoms with van der Waals surface area (Å²) in [6.07, 6.45) is 6.40. The van der Waals surface area contributed by atoms with Crippen LogP contribution in [0, 0.1) is 5.92 Å². The van der Waals surface area contributed by atoms with Gasteiger partial charge < -0.3 is 5.32 Å². The predicted octanol–water partition coefficient (Wildman–Crippen LogP) is 3.66. The van der Waals surface area contributed by atoms with Crippen LogP contribution in [0.5, 0.6) is 0 Å². The minimum atomic E-state index is -0.574. The van der Waals surface area contributed by atoms with E-state index >= 15 is 0 Å². The molecule has 0 spiro atoms. The van der Waals surface area contributed by atoms with Crippen molar-refractivity contribution >= 4 is 17.5 Å².